The van der Waals surface area contributed by atoms with Crippen LogP contribution in [0.15, 0.2) is 66.4 Å². The van der Waals surface area contributed by atoms with E-state index in [1.807, 2.05) is 64.9 Å². The lowest BCUT2D eigenvalue weighted by molar-refractivity contribution is -0.118. The molecule has 2 aromatic carbocycles. The monoisotopic (exact) mass is 523 g/mol. The molecule has 0 aliphatic carbocycles. The number of fused-ring (bicyclic) bond motifs is 2. The Kier molecular flexibility index (Phi) is 7.08. The number of anilines is 2. The molecule has 0 saturated heterocycles. The van der Waals surface area contributed by atoms with E-state index in [1.165, 1.54) is 18.1 Å². The SMILES string of the molecule is CSCC(=O)NCCn1ccc2ncnc(Nc3ccc(Oc4cccc5sccc45)c(Cl)c3)c21. The van der Waals surface area contributed by atoms with E-state index >= 15 is 0 Å². The third kappa shape index (κ3) is 5.22. The minimum absolute atomic E-state index is 0.0238. The fourth-order valence-corrected chi connectivity index (χ4v) is 5.17. The molecule has 0 unspecified atom stereocenters. The number of nitrogens with zero attached hydrogens (tertiary/aromatic N) is 3. The average molecular weight is 524 g/mol. The van der Waals surface area contributed by atoms with E-state index in [9.17, 15) is 4.79 Å². The van der Waals surface area contributed by atoms with E-state index in [0.29, 0.717) is 35.4 Å². The van der Waals surface area contributed by atoms with Crippen molar-refractivity contribution in [1.82, 2.24) is 19.9 Å². The average Bonchev–Trinajstić information content (AvgIpc) is 3.49. The molecule has 178 valence electrons. The smallest absolute Gasteiger partial charge is 0.230 e. The Morgan fingerprint density at radius 1 is 1.17 bits per heavy atom. The van der Waals surface area contributed by atoms with E-state index in [4.69, 9.17) is 16.3 Å². The molecule has 0 spiro atoms. The van der Waals surface area contributed by atoms with Crippen molar-refractivity contribution in [3.63, 3.8) is 0 Å². The molecule has 0 bridgehead atoms. The highest BCUT2D eigenvalue weighted by Crippen LogP contribution is 2.37. The second-order valence-corrected chi connectivity index (χ2v) is 9.93. The Hall–Kier alpha value is -3.27. The zero-order valence-electron chi connectivity index (χ0n) is 18.8. The van der Waals surface area contributed by atoms with Gasteiger partial charge in [-0.2, -0.15) is 11.8 Å². The van der Waals surface area contributed by atoms with Gasteiger partial charge in [-0.05, 0) is 54.1 Å². The van der Waals surface area contributed by atoms with Gasteiger partial charge in [-0.25, -0.2) is 9.97 Å². The van der Waals surface area contributed by atoms with E-state index < -0.39 is 0 Å². The number of halogens is 1. The van der Waals surface area contributed by atoms with Crippen LogP contribution in [0.5, 0.6) is 11.5 Å². The Bertz CT molecular complexity index is 1500. The molecule has 0 fully saturated rings. The topological polar surface area (TPSA) is 81.1 Å². The van der Waals surface area contributed by atoms with Gasteiger partial charge >= 0.3 is 0 Å². The predicted molar refractivity (Wildman–Crippen MR) is 146 cm³/mol. The van der Waals surface area contributed by atoms with Crippen LogP contribution >= 0.6 is 34.7 Å². The van der Waals surface area contributed by atoms with Crippen molar-refractivity contribution in [2.75, 3.05) is 23.9 Å². The summed E-state index contributed by atoms with van der Waals surface area (Å²) in [7, 11) is 0. The van der Waals surface area contributed by atoms with E-state index in [2.05, 4.69) is 26.7 Å². The van der Waals surface area contributed by atoms with Gasteiger partial charge in [0.2, 0.25) is 5.91 Å². The normalized spacial score (nSPS) is 11.1. The van der Waals surface area contributed by atoms with Crippen LogP contribution in [0, 0.1) is 0 Å². The highest BCUT2D eigenvalue weighted by molar-refractivity contribution is 7.99. The molecule has 0 radical (unpaired) electrons. The number of rotatable bonds is 9. The summed E-state index contributed by atoms with van der Waals surface area (Å²) in [6.45, 7) is 1.12. The van der Waals surface area contributed by atoms with Crippen LogP contribution < -0.4 is 15.4 Å². The number of hydrogen-bond acceptors (Lipinski definition) is 7. The second-order valence-electron chi connectivity index (χ2n) is 7.71. The van der Waals surface area contributed by atoms with Gasteiger partial charge in [-0.1, -0.05) is 17.7 Å². The van der Waals surface area contributed by atoms with Crippen molar-refractivity contribution in [2.24, 2.45) is 0 Å². The molecule has 2 N–H and O–H groups in total. The first-order valence-electron chi connectivity index (χ1n) is 10.9. The maximum absolute atomic E-state index is 11.8. The lowest BCUT2D eigenvalue weighted by atomic mass is 10.2. The molecule has 0 atom stereocenters. The van der Waals surface area contributed by atoms with Crippen LogP contribution in [-0.2, 0) is 11.3 Å². The molecule has 3 aromatic heterocycles. The van der Waals surface area contributed by atoms with Gasteiger partial charge in [-0.3, -0.25) is 4.79 Å². The summed E-state index contributed by atoms with van der Waals surface area (Å²) in [5.74, 6) is 2.48. The Morgan fingerprint density at radius 2 is 2.09 bits per heavy atom. The quantitative estimate of drug-likeness (QED) is 0.235. The molecule has 0 saturated carbocycles. The summed E-state index contributed by atoms with van der Waals surface area (Å²) >= 11 is 9.75. The van der Waals surface area contributed by atoms with Crippen molar-refractivity contribution in [2.45, 2.75) is 6.54 Å². The number of carbonyl (C=O) groups excluding carboxylic acids is 1. The second kappa shape index (κ2) is 10.6. The van der Waals surface area contributed by atoms with Gasteiger partial charge in [-0.15, -0.1) is 11.3 Å². The maximum atomic E-state index is 11.8. The fourth-order valence-electron chi connectivity index (χ4n) is 3.78. The highest BCUT2D eigenvalue weighted by atomic mass is 35.5. The van der Waals surface area contributed by atoms with Gasteiger partial charge in [0.1, 0.15) is 23.3 Å². The predicted octanol–water partition coefficient (Wildman–Crippen LogP) is 6.31. The first-order chi connectivity index (χ1) is 17.1. The van der Waals surface area contributed by atoms with Gasteiger partial charge in [0.15, 0.2) is 5.82 Å². The van der Waals surface area contributed by atoms with Crippen LogP contribution in [0.3, 0.4) is 0 Å². The fraction of sp³-hybridized carbons (Fsp3) is 0.160. The molecule has 10 heteroatoms. The van der Waals surface area contributed by atoms with Crippen LogP contribution in [-0.4, -0.2) is 39.0 Å². The van der Waals surface area contributed by atoms with Gasteiger partial charge < -0.3 is 19.9 Å². The Labute approximate surface area is 215 Å². The summed E-state index contributed by atoms with van der Waals surface area (Å²) in [4.78, 5) is 20.6. The molecule has 1 amide bonds. The number of hydrogen-bond donors (Lipinski definition) is 2. The summed E-state index contributed by atoms with van der Waals surface area (Å²) in [6, 6.07) is 15.5. The zero-order chi connectivity index (χ0) is 24.2. The lowest BCUT2D eigenvalue weighted by Crippen LogP contribution is -2.28. The summed E-state index contributed by atoms with van der Waals surface area (Å²) in [5.41, 5.74) is 2.44. The number of thioether (sulfide) groups is 1. The van der Waals surface area contributed by atoms with Crippen LogP contribution in [0.1, 0.15) is 0 Å². The van der Waals surface area contributed by atoms with E-state index in [0.717, 1.165) is 32.6 Å². The molecule has 5 rings (SSSR count). The Balaban J connectivity index is 1.34. The first-order valence-corrected chi connectivity index (χ1v) is 13.5. The third-order valence-electron chi connectivity index (χ3n) is 5.37. The number of thiophene rings is 1. The Morgan fingerprint density at radius 3 is 2.94 bits per heavy atom. The standard InChI is InChI=1S/C25H22ClN5O2S2/c1-34-14-23(32)27-9-11-31-10-7-19-24(31)25(29-15-28-19)30-16-5-6-21(18(26)13-16)33-20-3-2-4-22-17(20)8-12-35-22/h2-8,10,12-13,15H,9,11,14H2,1H3,(H,27,32)(H,28,29,30). The number of carbonyl (C=O) groups is 1. The number of benzene rings is 2. The summed E-state index contributed by atoms with van der Waals surface area (Å²) in [5, 5.41) is 9.87. The molecular formula is C25H22ClN5O2S2. The van der Waals surface area contributed by atoms with Gasteiger partial charge in [0.25, 0.3) is 0 Å². The van der Waals surface area contributed by atoms with Crippen molar-refractivity contribution < 1.29 is 9.53 Å². The molecule has 5 aromatic rings. The van der Waals surface area contributed by atoms with Gasteiger partial charge in [0, 0.05) is 35.1 Å². The maximum Gasteiger partial charge on any atom is 0.230 e. The molecule has 35 heavy (non-hydrogen) atoms. The molecule has 3 heterocycles. The first kappa shape index (κ1) is 23.5. The zero-order valence-corrected chi connectivity index (χ0v) is 21.2. The number of aromatic nitrogens is 3. The number of amides is 1. The van der Waals surface area contributed by atoms with E-state index in [-0.39, 0.29) is 5.91 Å². The van der Waals surface area contributed by atoms with Gasteiger partial charge in [0.05, 0.1) is 16.3 Å². The summed E-state index contributed by atoms with van der Waals surface area (Å²) < 4.78 is 9.31. The summed E-state index contributed by atoms with van der Waals surface area (Å²) in [6.07, 6.45) is 5.37. The highest BCUT2D eigenvalue weighted by Gasteiger charge is 2.12. The number of ether oxygens (including phenoxy) is 1. The van der Waals surface area contributed by atoms with Crippen molar-refractivity contribution in [3.8, 4) is 11.5 Å². The van der Waals surface area contributed by atoms with Crippen molar-refractivity contribution in [1.29, 1.82) is 0 Å². The van der Waals surface area contributed by atoms with E-state index in [1.54, 1.807) is 11.3 Å². The van der Waals surface area contributed by atoms with Crippen molar-refractivity contribution in [3.05, 3.63) is 71.5 Å². The number of nitrogens with one attached hydrogen (secondary N) is 2. The lowest BCUT2D eigenvalue weighted by Gasteiger charge is -2.13. The minimum atomic E-state index is 0.0238. The third-order valence-corrected chi connectivity index (χ3v) is 7.10. The minimum Gasteiger partial charge on any atom is -0.455 e. The largest absolute Gasteiger partial charge is 0.455 e. The molecule has 0 aliphatic heterocycles. The van der Waals surface area contributed by atoms with Crippen molar-refractivity contribution >= 4 is 73.2 Å². The van der Waals surface area contributed by atoms with Crippen LogP contribution in [0.4, 0.5) is 11.5 Å². The molecule has 7 nitrogen and oxygen atoms in total. The van der Waals surface area contributed by atoms with Crippen LogP contribution in [0.2, 0.25) is 5.02 Å². The van der Waals surface area contributed by atoms with Crippen LogP contribution in [0.25, 0.3) is 21.1 Å². The molecular weight excluding hydrogens is 502 g/mol. The molecule has 0 aliphatic rings.